The molecule has 0 aliphatic carbocycles. The van der Waals surface area contributed by atoms with E-state index in [4.69, 9.17) is 4.74 Å². The van der Waals surface area contributed by atoms with Gasteiger partial charge in [0, 0.05) is 43.9 Å². The Hall–Kier alpha value is -3.56. The van der Waals surface area contributed by atoms with Crippen molar-refractivity contribution in [3.63, 3.8) is 0 Å². The molecule has 2 aromatic carbocycles. The number of nitro benzene ring substituents is 1. The molecule has 1 unspecified atom stereocenters. The SMILES string of the molecule is Cc1ccc(/C(O)=C2/C(=O)C(=O)N(CCN3CCOCC3)C2c2cccc([N+](=O)[O-])c2)cc1. The molecule has 2 aliphatic rings. The Bertz CT molecular complexity index is 1110. The predicted molar refractivity (Wildman–Crippen MR) is 121 cm³/mol. The van der Waals surface area contributed by atoms with Crippen LogP contribution in [-0.2, 0) is 14.3 Å². The van der Waals surface area contributed by atoms with E-state index in [1.54, 1.807) is 30.3 Å². The van der Waals surface area contributed by atoms with Crippen LogP contribution in [0.15, 0.2) is 54.1 Å². The highest BCUT2D eigenvalue weighted by molar-refractivity contribution is 6.46. The first-order valence-electron chi connectivity index (χ1n) is 10.8. The van der Waals surface area contributed by atoms with E-state index in [9.17, 15) is 24.8 Å². The second-order valence-electron chi connectivity index (χ2n) is 8.16. The van der Waals surface area contributed by atoms with Gasteiger partial charge in [-0.05, 0) is 12.5 Å². The number of non-ortho nitro benzene ring substituents is 1. The third kappa shape index (κ3) is 4.64. The smallest absolute Gasteiger partial charge is 0.295 e. The van der Waals surface area contributed by atoms with Gasteiger partial charge in [0.05, 0.1) is 29.8 Å². The third-order valence-electron chi connectivity index (χ3n) is 6.02. The Morgan fingerprint density at radius 2 is 1.82 bits per heavy atom. The number of hydrogen-bond donors (Lipinski definition) is 1. The monoisotopic (exact) mass is 451 g/mol. The van der Waals surface area contributed by atoms with Gasteiger partial charge in [-0.15, -0.1) is 0 Å². The molecule has 0 radical (unpaired) electrons. The van der Waals surface area contributed by atoms with Crippen LogP contribution in [0.25, 0.3) is 5.76 Å². The summed E-state index contributed by atoms with van der Waals surface area (Å²) in [6.07, 6.45) is 0. The molecule has 9 nitrogen and oxygen atoms in total. The summed E-state index contributed by atoms with van der Waals surface area (Å²) in [6, 6.07) is 11.9. The molecule has 2 fully saturated rings. The number of ketones is 1. The second kappa shape index (κ2) is 9.51. The Morgan fingerprint density at radius 1 is 1.12 bits per heavy atom. The van der Waals surface area contributed by atoms with Crippen LogP contribution in [-0.4, -0.2) is 70.9 Å². The minimum absolute atomic E-state index is 0.0636. The van der Waals surface area contributed by atoms with Gasteiger partial charge in [0.1, 0.15) is 5.76 Å². The lowest BCUT2D eigenvalue weighted by Gasteiger charge is -2.31. The predicted octanol–water partition coefficient (Wildman–Crippen LogP) is 2.66. The van der Waals surface area contributed by atoms with Gasteiger partial charge < -0.3 is 14.7 Å². The largest absolute Gasteiger partial charge is 0.507 e. The molecular weight excluding hydrogens is 426 g/mol. The van der Waals surface area contributed by atoms with E-state index in [0.29, 0.717) is 30.9 Å². The van der Waals surface area contributed by atoms with E-state index in [1.807, 2.05) is 6.92 Å². The zero-order valence-electron chi connectivity index (χ0n) is 18.3. The molecule has 2 aliphatic heterocycles. The average molecular weight is 451 g/mol. The highest BCUT2D eigenvalue weighted by atomic mass is 16.6. The van der Waals surface area contributed by atoms with Gasteiger partial charge >= 0.3 is 0 Å². The molecule has 1 N–H and O–H groups in total. The summed E-state index contributed by atoms with van der Waals surface area (Å²) >= 11 is 0. The number of nitro groups is 1. The van der Waals surface area contributed by atoms with E-state index in [-0.39, 0.29) is 23.6 Å². The van der Waals surface area contributed by atoms with Crippen LogP contribution in [0.5, 0.6) is 0 Å². The number of carbonyl (C=O) groups is 2. The Labute approximate surface area is 191 Å². The fraction of sp³-hybridized carbons (Fsp3) is 0.333. The maximum atomic E-state index is 13.1. The van der Waals surface area contributed by atoms with Crippen molar-refractivity contribution in [2.45, 2.75) is 13.0 Å². The van der Waals surface area contributed by atoms with Crippen molar-refractivity contribution in [2.75, 3.05) is 39.4 Å². The van der Waals surface area contributed by atoms with Gasteiger partial charge in [-0.1, -0.05) is 42.0 Å². The maximum Gasteiger partial charge on any atom is 0.295 e. The molecule has 1 atom stereocenters. The van der Waals surface area contributed by atoms with Crippen LogP contribution in [0, 0.1) is 17.0 Å². The summed E-state index contributed by atoms with van der Waals surface area (Å²) in [5.74, 6) is -1.82. The summed E-state index contributed by atoms with van der Waals surface area (Å²) in [4.78, 5) is 40.5. The molecule has 2 aromatic rings. The average Bonchev–Trinajstić information content (AvgIpc) is 3.08. The number of Topliss-reactive ketones (excluding diaryl/α,β-unsaturated/α-hetero) is 1. The zero-order valence-corrected chi connectivity index (χ0v) is 18.3. The number of amides is 1. The van der Waals surface area contributed by atoms with Gasteiger partial charge in [0.15, 0.2) is 0 Å². The van der Waals surface area contributed by atoms with Crippen molar-refractivity contribution in [1.82, 2.24) is 9.80 Å². The number of aliphatic hydroxyl groups is 1. The Balaban J connectivity index is 1.77. The van der Waals surface area contributed by atoms with Gasteiger partial charge in [0.25, 0.3) is 17.4 Å². The van der Waals surface area contributed by atoms with Crippen molar-refractivity contribution in [2.24, 2.45) is 0 Å². The quantitative estimate of drug-likeness (QED) is 0.236. The summed E-state index contributed by atoms with van der Waals surface area (Å²) in [5, 5.41) is 22.4. The minimum Gasteiger partial charge on any atom is -0.507 e. The summed E-state index contributed by atoms with van der Waals surface area (Å²) in [7, 11) is 0. The maximum absolute atomic E-state index is 13.1. The van der Waals surface area contributed by atoms with Crippen LogP contribution in [0.2, 0.25) is 0 Å². The van der Waals surface area contributed by atoms with E-state index < -0.39 is 22.7 Å². The number of aliphatic hydroxyl groups excluding tert-OH is 1. The standard InChI is InChI=1S/C24H25N3O6/c1-16-5-7-17(8-6-16)22(28)20-21(18-3-2-4-19(15-18)27(31)32)26(24(30)23(20)29)10-9-25-11-13-33-14-12-25/h2-8,15,21,28H,9-14H2,1H3/b22-20-. The van der Waals surface area contributed by atoms with E-state index in [0.717, 1.165) is 18.7 Å². The second-order valence-corrected chi connectivity index (χ2v) is 8.16. The molecule has 1 amide bonds. The molecule has 9 heteroatoms. The molecule has 33 heavy (non-hydrogen) atoms. The van der Waals surface area contributed by atoms with Gasteiger partial charge in [0.2, 0.25) is 0 Å². The number of aryl methyl sites for hydroxylation is 1. The molecule has 0 saturated carbocycles. The molecule has 2 saturated heterocycles. The normalized spacial score (nSPS) is 20.9. The molecule has 0 spiro atoms. The van der Waals surface area contributed by atoms with E-state index in [2.05, 4.69) is 4.90 Å². The van der Waals surface area contributed by atoms with Crippen LogP contribution in [0.3, 0.4) is 0 Å². The van der Waals surface area contributed by atoms with E-state index >= 15 is 0 Å². The van der Waals surface area contributed by atoms with Gasteiger partial charge in [-0.2, -0.15) is 0 Å². The van der Waals surface area contributed by atoms with Crippen LogP contribution in [0.4, 0.5) is 5.69 Å². The molecular formula is C24H25N3O6. The van der Waals surface area contributed by atoms with Crippen molar-refractivity contribution in [1.29, 1.82) is 0 Å². The first kappa shape index (κ1) is 22.6. The topological polar surface area (TPSA) is 113 Å². The Morgan fingerprint density at radius 3 is 2.48 bits per heavy atom. The Kier molecular flexibility index (Phi) is 6.52. The summed E-state index contributed by atoms with van der Waals surface area (Å²) in [6.45, 7) is 5.29. The van der Waals surface area contributed by atoms with Crippen molar-refractivity contribution >= 4 is 23.1 Å². The van der Waals surface area contributed by atoms with Crippen LogP contribution < -0.4 is 0 Å². The fourth-order valence-electron chi connectivity index (χ4n) is 4.21. The molecule has 0 bridgehead atoms. The first-order chi connectivity index (χ1) is 15.9. The summed E-state index contributed by atoms with van der Waals surface area (Å²) < 4.78 is 5.36. The molecule has 4 rings (SSSR count). The van der Waals surface area contributed by atoms with E-state index in [1.165, 1.54) is 23.1 Å². The van der Waals surface area contributed by atoms with Crippen LogP contribution in [0.1, 0.15) is 22.7 Å². The number of hydrogen-bond acceptors (Lipinski definition) is 7. The lowest BCUT2D eigenvalue weighted by molar-refractivity contribution is -0.384. The number of ether oxygens (including phenoxy) is 1. The van der Waals surface area contributed by atoms with Crippen molar-refractivity contribution in [3.8, 4) is 0 Å². The van der Waals surface area contributed by atoms with Crippen molar-refractivity contribution in [3.05, 3.63) is 80.9 Å². The van der Waals surface area contributed by atoms with Crippen LogP contribution >= 0.6 is 0 Å². The number of rotatable bonds is 6. The van der Waals surface area contributed by atoms with Gasteiger partial charge in [-0.25, -0.2) is 0 Å². The molecule has 0 aromatic heterocycles. The number of likely N-dealkylation sites (tertiary alicyclic amines) is 1. The lowest BCUT2D eigenvalue weighted by atomic mass is 9.94. The highest BCUT2D eigenvalue weighted by Crippen LogP contribution is 2.40. The number of benzene rings is 2. The zero-order chi connectivity index (χ0) is 23.5. The highest BCUT2D eigenvalue weighted by Gasteiger charge is 2.46. The molecule has 172 valence electrons. The lowest BCUT2D eigenvalue weighted by Crippen LogP contribution is -2.42. The van der Waals surface area contributed by atoms with Crippen molar-refractivity contribution < 1.29 is 24.4 Å². The minimum atomic E-state index is -0.924. The number of morpholine rings is 1. The number of carbonyl (C=O) groups excluding carboxylic acids is 2. The number of nitrogens with zero attached hydrogens (tertiary/aromatic N) is 3. The third-order valence-corrected chi connectivity index (χ3v) is 6.02. The fourth-order valence-corrected chi connectivity index (χ4v) is 4.21. The first-order valence-corrected chi connectivity index (χ1v) is 10.8. The molecule has 2 heterocycles. The van der Waals surface area contributed by atoms with Gasteiger partial charge in [-0.3, -0.25) is 24.6 Å². The summed E-state index contributed by atoms with van der Waals surface area (Å²) in [5.41, 5.74) is 1.57.